The fourth-order valence-electron chi connectivity index (χ4n) is 11.7. The van der Waals surface area contributed by atoms with Gasteiger partial charge in [-0.1, -0.05) is 20.8 Å². The quantitative estimate of drug-likeness (QED) is 0.325. The molecule has 268 valence electrons. The Morgan fingerprint density at radius 3 is 2.12 bits per heavy atom. The fourth-order valence-corrected chi connectivity index (χ4v) is 11.7. The van der Waals surface area contributed by atoms with Crippen LogP contribution in [0.3, 0.4) is 0 Å². The molecule has 2 heterocycles. The molecular formula is C35H44O14. The van der Waals surface area contributed by atoms with Crippen molar-refractivity contribution >= 4 is 35.8 Å². The van der Waals surface area contributed by atoms with E-state index in [0.717, 1.165) is 14.0 Å². The van der Waals surface area contributed by atoms with Gasteiger partial charge in [0.15, 0.2) is 0 Å². The summed E-state index contributed by atoms with van der Waals surface area (Å²) < 4.78 is 40.7. The summed E-state index contributed by atoms with van der Waals surface area (Å²) in [7, 11) is 1.15. The predicted molar refractivity (Wildman–Crippen MR) is 162 cm³/mol. The molecule has 0 unspecified atom stereocenters. The van der Waals surface area contributed by atoms with Crippen LogP contribution in [0.4, 0.5) is 0 Å². The molecule has 1 aromatic rings. The first kappa shape index (κ1) is 34.9. The lowest BCUT2D eigenvalue weighted by Gasteiger charge is -2.72. The van der Waals surface area contributed by atoms with E-state index in [1.165, 1.54) is 33.3 Å². The predicted octanol–water partition coefficient (Wildman–Crippen LogP) is 2.98. The molecule has 5 aliphatic rings. The summed E-state index contributed by atoms with van der Waals surface area (Å²) in [6.07, 6.45) is -1.83. The van der Waals surface area contributed by atoms with Crippen molar-refractivity contribution < 1.29 is 66.7 Å². The Kier molecular flexibility index (Phi) is 8.04. The Balaban J connectivity index is 1.67. The molecule has 0 aromatic carbocycles. The highest BCUT2D eigenvalue weighted by Gasteiger charge is 2.91. The van der Waals surface area contributed by atoms with Crippen molar-refractivity contribution in [1.29, 1.82) is 0 Å². The molecule has 1 aromatic heterocycles. The smallest absolute Gasteiger partial charge is 0.347 e. The van der Waals surface area contributed by atoms with E-state index in [9.17, 15) is 33.9 Å². The van der Waals surface area contributed by atoms with Gasteiger partial charge in [-0.15, -0.1) is 0 Å². The molecule has 14 heteroatoms. The van der Waals surface area contributed by atoms with Crippen molar-refractivity contribution in [2.45, 2.75) is 110 Å². The molecule has 14 nitrogen and oxygen atoms in total. The molecular weight excluding hydrogens is 644 g/mol. The van der Waals surface area contributed by atoms with Crippen LogP contribution in [0.1, 0.15) is 85.8 Å². The van der Waals surface area contributed by atoms with Gasteiger partial charge in [-0.25, -0.2) is 4.79 Å². The van der Waals surface area contributed by atoms with Gasteiger partial charge in [0.05, 0.1) is 32.0 Å². The van der Waals surface area contributed by atoms with E-state index in [-0.39, 0.29) is 19.3 Å². The summed E-state index contributed by atoms with van der Waals surface area (Å²) in [6.45, 7) is 10.2. The highest BCUT2D eigenvalue weighted by Crippen LogP contribution is 2.82. The molecule has 5 fully saturated rings. The monoisotopic (exact) mass is 688 g/mol. The van der Waals surface area contributed by atoms with E-state index in [2.05, 4.69) is 0 Å². The zero-order valence-corrected chi connectivity index (χ0v) is 28.9. The maximum Gasteiger partial charge on any atom is 0.347 e. The summed E-state index contributed by atoms with van der Waals surface area (Å²) in [4.78, 5) is 78.8. The average Bonchev–Trinajstić information content (AvgIpc) is 3.65. The van der Waals surface area contributed by atoms with Crippen LogP contribution in [0.25, 0.3) is 0 Å². The van der Waals surface area contributed by atoms with Crippen molar-refractivity contribution in [1.82, 2.24) is 0 Å². The van der Waals surface area contributed by atoms with Crippen LogP contribution in [-0.2, 0) is 57.2 Å². The maximum absolute atomic E-state index is 13.6. The number of esters is 6. The number of methoxy groups -OCH3 is 1. The van der Waals surface area contributed by atoms with E-state index in [4.69, 9.17) is 32.8 Å². The minimum atomic E-state index is -2.05. The first-order valence-electron chi connectivity index (χ1n) is 16.6. The van der Waals surface area contributed by atoms with Crippen molar-refractivity contribution in [3.8, 4) is 0 Å². The highest BCUT2D eigenvalue weighted by molar-refractivity contribution is 5.80. The minimum Gasteiger partial charge on any atom is -0.472 e. The van der Waals surface area contributed by atoms with E-state index >= 15 is 0 Å². The number of rotatable bonds is 7. The summed E-state index contributed by atoms with van der Waals surface area (Å²) in [5, 5.41) is 13.6. The van der Waals surface area contributed by atoms with Crippen LogP contribution in [0.5, 0.6) is 0 Å². The zero-order valence-electron chi connectivity index (χ0n) is 28.9. The van der Waals surface area contributed by atoms with Gasteiger partial charge < -0.3 is 37.9 Å². The summed E-state index contributed by atoms with van der Waals surface area (Å²) >= 11 is 0. The molecule has 13 atom stereocenters. The Morgan fingerprint density at radius 1 is 0.918 bits per heavy atom. The Morgan fingerprint density at radius 2 is 1.57 bits per heavy atom. The second-order valence-electron chi connectivity index (χ2n) is 15.2. The van der Waals surface area contributed by atoms with Gasteiger partial charge in [-0.05, 0) is 25.3 Å². The van der Waals surface area contributed by atoms with Gasteiger partial charge in [-0.3, -0.25) is 24.0 Å². The number of ether oxygens (including phenoxy) is 6. The van der Waals surface area contributed by atoms with Crippen LogP contribution in [0.2, 0.25) is 0 Å². The van der Waals surface area contributed by atoms with Crippen LogP contribution >= 0.6 is 0 Å². The molecule has 6 rings (SSSR count). The number of fused-ring (bicyclic) bond motifs is 5. The van der Waals surface area contributed by atoms with Gasteiger partial charge in [0.1, 0.15) is 29.5 Å². The Hall–Kier alpha value is -3.94. The van der Waals surface area contributed by atoms with Gasteiger partial charge >= 0.3 is 35.8 Å². The third-order valence-electron chi connectivity index (χ3n) is 12.8. The van der Waals surface area contributed by atoms with Gasteiger partial charge in [-0.2, -0.15) is 0 Å². The summed E-state index contributed by atoms with van der Waals surface area (Å²) in [5.74, 6) is -8.52. The van der Waals surface area contributed by atoms with Crippen LogP contribution in [0, 0.1) is 39.9 Å². The van der Waals surface area contributed by atoms with Gasteiger partial charge in [0.25, 0.3) is 0 Å². The molecule has 49 heavy (non-hydrogen) atoms. The van der Waals surface area contributed by atoms with Crippen molar-refractivity contribution in [2.75, 3.05) is 7.11 Å². The number of aliphatic hydroxyl groups is 1. The van der Waals surface area contributed by atoms with E-state index in [0.29, 0.717) is 12.0 Å². The molecule has 4 aliphatic carbocycles. The zero-order chi connectivity index (χ0) is 36.1. The SMILES string of the molecule is COC(=O)[C@H](OC(C)=O)[C@H]1[C@]2(C)C[C@]3(OC(C)=O)[C@H]([C@H]2OC(C)=O)[C@@H](OC(C)=O)[C@]2(O)[C@@H]4CC(=O)O[C@@H](c5ccoc5)[C@]4(C)CC[C@@H]2[C@]13C. The van der Waals surface area contributed by atoms with Crippen LogP contribution in [0.15, 0.2) is 23.0 Å². The third kappa shape index (κ3) is 4.54. The largest absolute Gasteiger partial charge is 0.472 e. The van der Waals surface area contributed by atoms with Crippen molar-refractivity contribution in [3.63, 3.8) is 0 Å². The molecule has 2 bridgehead atoms. The number of cyclic esters (lactones) is 1. The Labute approximate surface area is 283 Å². The van der Waals surface area contributed by atoms with Gasteiger partial charge in [0, 0.05) is 67.3 Å². The second kappa shape index (κ2) is 11.3. The topological polar surface area (TPSA) is 191 Å². The van der Waals surface area contributed by atoms with Gasteiger partial charge in [0.2, 0.25) is 6.10 Å². The number of hydrogen-bond donors (Lipinski definition) is 1. The van der Waals surface area contributed by atoms with E-state index < -0.39 is 111 Å². The average molecular weight is 689 g/mol. The van der Waals surface area contributed by atoms with Crippen molar-refractivity contribution in [3.05, 3.63) is 24.2 Å². The normalized spacial score (nSPS) is 43.6. The molecule has 1 aliphatic heterocycles. The van der Waals surface area contributed by atoms with Crippen LogP contribution in [-0.4, -0.2) is 77.5 Å². The number of hydrogen-bond acceptors (Lipinski definition) is 14. The standard InChI is InChI=1S/C35H44O14/c1-16(36)45-25(30(41)43-8)26-32(6)15-34(49-19(4)39)24(28(32)46-17(2)37)29(47-18(3)38)35(42)21(33(26,34)7)9-11-31(5)22(35)13-23(40)48-27(31)20-10-12-44-14-20/h10,12,14,21-22,24-29,42H,9,11,13,15H2,1-8H3/t21-,22-,24-,25-,26+,27+,28-,29-,31-,32+,33-,34+,35-/m1/s1. The molecule has 0 spiro atoms. The summed E-state index contributed by atoms with van der Waals surface area (Å²) in [5.41, 5.74) is -6.69. The summed E-state index contributed by atoms with van der Waals surface area (Å²) in [6, 6.07) is 1.68. The lowest BCUT2D eigenvalue weighted by Crippen LogP contribution is -2.82. The van der Waals surface area contributed by atoms with E-state index in [1.807, 2.05) is 6.92 Å². The lowest BCUT2D eigenvalue weighted by atomic mass is 9.36. The third-order valence-corrected chi connectivity index (χ3v) is 12.8. The number of furan rings is 1. The van der Waals surface area contributed by atoms with Crippen molar-refractivity contribution in [2.24, 2.45) is 39.9 Å². The van der Waals surface area contributed by atoms with Crippen LogP contribution < -0.4 is 0 Å². The Bertz CT molecular complexity index is 1590. The maximum atomic E-state index is 13.6. The molecule has 1 saturated heterocycles. The lowest BCUT2D eigenvalue weighted by molar-refractivity contribution is -0.358. The fraction of sp³-hybridized carbons (Fsp3) is 0.714. The first-order chi connectivity index (χ1) is 22.8. The molecule has 0 radical (unpaired) electrons. The second-order valence-corrected chi connectivity index (χ2v) is 15.2. The van der Waals surface area contributed by atoms with E-state index in [1.54, 1.807) is 19.9 Å². The molecule has 4 saturated carbocycles. The molecule has 1 N–H and O–H groups in total. The molecule has 0 amide bonds. The number of carbonyl (C=O) groups is 6. The number of carbonyl (C=O) groups excluding carboxylic acids is 6. The minimum absolute atomic E-state index is 0.00405. The highest BCUT2D eigenvalue weighted by atomic mass is 16.6. The first-order valence-corrected chi connectivity index (χ1v) is 16.6.